The van der Waals surface area contributed by atoms with Crippen LogP contribution >= 0.6 is 38.9 Å². The van der Waals surface area contributed by atoms with E-state index in [1.807, 2.05) is 0 Å². The zero-order chi connectivity index (χ0) is 16.6. The largest absolute Gasteiger partial charge is 0.300 e. The average molecular weight is 415 g/mol. The predicted molar refractivity (Wildman–Crippen MR) is 89.8 cm³/mol. The fraction of sp³-hybridized carbons (Fsp3) is 0.143. The highest BCUT2D eigenvalue weighted by atomic mass is 79.9. The van der Waals surface area contributed by atoms with Crippen molar-refractivity contribution >= 4 is 61.7 Å². The normalized spacial score (nSPS) is 13.4. The highest BCUT2D eigenvalue weighted by Gasteiger charge is 2.36. The van der Waals surface area contributed by atoms with Gasteiger partial charge in [-0.15, -0.1) is 22.9 Å². The van der Waals surface area contributed by atoms with Crippen LogP contribution in [0.5, 0.6) is 0 Å². The van der Waals surface area contributed by atoms with E-state index in [9.17, 15) is 14.4 Å². The molecule has 0 atom stereocenters. The van der Waals surface area contributed by atoms with Gasteiger partial charge in [0.1, 0.15) is 6.54 Å². The minimum absolute atomic E-state index is 0.250. The van der Waals surface area contributed by atoms with Gasteiger partial charge in [-0.3, -0.25) is 19.3 Å². The molecule has 1 aromatic carbocycles. The SMILES string of the molecule is O=C(CN1C(=O)c2ccc(Br)cc2C1=O)Nc1nc(CCl)cs1. The van der Waals surface area contributed by atoms with Gasteiger partial charge in [-0.25, -0.2) is 4.98 Å². The molecule has 118 valence electrons. The lowest BCUT2D eigenvalue weighted by molar-refractivity contribution is -0.116. The number of thiazole rings is 1. The molecule has 0 aliphatic carbocycles. The molecule has 3 amide bonds. The Bertz CT molecular complexity index is 823. The molecule has 6 nitrogen and oxygen atoms in total. The van der Waals surface area contributed by atoms with Crippen molar-refractivity contribution in [3.8, 4) is 0 Å². The van der Waals surface area contributed by atoms with E-state index in [0.29, 0.717) is 20.9 Å². The summed E-state index contributed by atoms with van der Waals surface area (Å²) in [5.41, 5.74) is 1.23. The Morgan fingerprint density at radius 3 is 2.74 bits per heavy atom. The molecule has 0 bridgehead atoms. The Hall–Kier alpha value is -1.77. The summed E-state index contributed by atoms with van der Waals surface area (Å²) in [4.78, 5) is 41.6. The first kappa shape index (κ1) is 16.1. The number of carbonyl (C=O) groups excluding carboxylic acids is 3. The minimum Gasteiger partial charge on any atom is -0.300 e. The van der Waals surface area contributed by atoms with Crippen LogP contribution in [0.2, 0.25) is 0 Å². The van der Waals surface area contributed by atoms with E-state index in [2.05, 4.69) is 26.2 Å². The van der Waals surface area contributed by atoms with E-state index < -0.39 is 17.7 Å². The molecule has 1 aliphatic heterocycles. The van der Waals surface area contributed by atoms with Crippen LogP contribution in [0.3, 0.4) is 0 Å². The monoisotopic (exact) mass is 413 g/mol. The van der Waals surface area contributed by atoms with Gasteiger partial charge in [0.2, 0.25) is 5.91 Å². The van der Waals surface area contributed by atoms with Crippen molar-refractivity contribution < 1.29 is 14.4 Å². The molecule has 23 heavy (non-hydrogen) atoms. The molecule has 0 fully saturated rings. The van der Waals surface area contributed by atoms with E-state index in [4.69, 9.17) is 11.6 Å². The van der Waals surface area contributed by atoms with Crippen molar-refractivity contribution in [3.63, 3.8) is 0 Å². The van der Waals surface area contributed by atoms with Crippen LogP contribution in [-0.4, -0.2) is 34.2 Å². The van der Waals surface area contributed by atoms with E-state index in [1.165, 1.54) is 11.3 Å². The molecule has 1 aromatic heterocycles. The van der Waals surface area contributed by atoms with Crippen LogP contribution in [0.4, 0.5) is 5.13 Å². The van der Waals surface area contributed by atoms with Gasteiger partial charge in [0, 0.05) is 9.85 Å². The fourth-order valence-corrected chi connectivity index (χ4v) is 3.45. The van der Waals surface area contributed by atoms with Gasteiger partial charge >= 0.3 is 0 Å². The lowest BCUT2D eigenvalue weighted by Gasteiger charge is -2.12. The lowest BCUT2D eigenvalue weighted by atomic mass is 10.1. The first-order chi connectivity index (χ1) is 11.0. The molecule has 2 heterocycles. The fourth-order valence-electron chi connectivity index (χ4n) is 2.13. The molecule has 1 aliphatic rings. The molecule has 0 unspecified atom stereocenters. The Balaban J connectivity index is 1.72. The molecular formula is C14H9BrClN3O3S. The number of imide groups is 1. The van der Waals surface area contributed by atoms with Gasteiger partial charge in [0.05, 0.1) is 22.7 Å². The summed E-state index contributed by atoms with van der Waals surface area (Å²) in [5, 5.41) is 4.66. The van der Waals surface area contributed by atoms with Crippen molar-refractivity contribution in [2.75, 3.05) is 11.9 Å². The van der Waals surface area contributed by atoms with Crippen molar-refractivity contribution in [1.29, 1.82) is 0 Å². The molecular weight excluding hydrogens is 406 g/mol. The maximum absolute atomic E-state index is 12.3. The Morgan fingerprint density at radius 1 is 1.30 bits per heavy atom. The number of nitrogens with zero attached hydrogens (tertiary/aromatic N) is 2. The number of carbonyl (C=O) groups is 3. The summed E-state index contributed by atoms with van der Waals surface area (Å²) >= 11 is 10.1. The number of rotatable bonds is 4. The standard InChI is InChI=1S/C14H9BrClN3O3S/c15-7-1-2-9-10(3-7)13(22)19(12(9)21)5-11(20)18-14-17-8(4-16)6-23-14/h1-3,6H,4-5H2,(H,17,18,20). The van der Waals surface area contributed by atoms with E-state index in [1.54, 1.807) is 23.6 Å². The number of hydrogen-bond acceptors (Lipinski definition) is 5. The van der Waals surface area contributed by atoms with Crippen molar-refractivity contribution in [2.24, 2.45) is 0 Å². The highest BCUT2D eigenvalue weighted by molar-refractivity contribution is 9.10. The maximum atomic E-state index is 12.3. The molecule has 0 spiro atoms. The molecule has 0 saturated carbocycles. The highest BCUT2D eigenvalue weighted by Crippen LogP contribution is 2.26. The van der Waals surface area contributed by atoms with Gasteiger partial charge < -0.3 is 5.32 Å². The van der Waals surface area contributed by atoms with Gasteiger partial charge in [-0.05, 0) is 18.2 Å². The van der Waals surface area contributed by atoms with Crippen LogP contribution in [0.25, 0.3) is 0 Å². The number of fused-ring (bicyclic) bond motifs is 1. The van der Waals surface area contributed by atoms with Crippen LogP contribution in [0.1, 0.15) is 26.4 Å². The third-order valence-electron chi connectivity index (χ3n) is 3.17. The summed E-state index contributed by atoms with van der Waals surface area (Å²) in [6.07, 6.45) is 0. The van der Waals surface area contributed by atoms with Crippen LogP contribution in [0.15, 0.2) is 28.1 Å². The third-order valence-corrected chi connectivity index (χ3v) is 4.74. The predicted octanol–water partition coefficient (Wildman–Crippen LogP) is 2.88. The maximum Gasteiger partial charge on any atom is 0.262 e. The second-order valence-corrected chi connectivity index (χ2v) is 6.75. The van der Waals surface area contributed by atoms with Gasteiger partial charge in [-0.1, -0.05) is 15.9 Å². The number of benzene rings is 1. The van der Waals surface area contributed by atoms with Gasteiger partial charge in [-0.2, -0.15) is 0 Å². The van der Waals surface area contributed by atoms with Crippen LogP contribution in [0, 0.1) is 0 Å². The summed E-state index contributed by atoms with van der Waals surface area (Å²) in [6.45, 7) is -0.361. The second kappa shape index (κ2) is 6.38. The van der Waals surface area contributed by atoms with Crippen molar-refractivity contribution in [3.05, 3.63) is 44.9 Å². The number of hydrogen-bond donors (Lipinski definition) is 1. The number of anilines is 1. The summed E-state index contributed by atoms with van der Waals surface area (Å²) in [6, 6.07) is 4.81. The van der Waals surface area contributed by atoms with Gasteiger partial charge in [0.15, 0.2) is 5.13 Å². The van der Waals surface area contributed by atoms with E-state index in [0.717, 1.165) is 4.90 Å². The first-order valence-electron chi connectivity index (χ1n) is 6.45. The van der Waals surface area contributed by atoms with Crippen molar-refractivity contribution in [1.82, 2.24) is 9.88 Å². The Kier molecular flexibility index (Phi) is 4.47. The minimum atomic E-state index is -0.492. The number of alkyl halides is 1. The van der Waals surface area contributed by atoms with E-state index >= 15 is 0 Å². The molecule has 2 aromatic rings. The summed E-state index contributed by atoms with van der Waals surface area (Å²) < 4.78 is 0.695. The smallest absolute Gasteiger partial charge is 0.262 e. The number of amides is 3. The van der Waals surface area contributed by atoms with Crippen LogP contribution in [-0.2, 0) is 10.7 Å². The van der Waals surface area contributed by atoms with Crippen LogP contribution < -0.4 is 5.32 Å². The Morgan fingerprint density at radius 2 is 2.04 bits per heavy atom. The Labute approximate surface area is 148 Å². The average Bonchev–Trinajstić information content (AvgIpc) is 3.06. The number of halogens is 2. The zero-order valence-electron chi connectivity index (χ0n) is 11.5. The summed E-state index contributed by atoms with van der Waals surface area (Å²) in [7, 11) is 0. The molecule has 3 rings (SSSR count). The molecule has 9 heteroatoms. The summed E-state index contributed by atoms with van der Waals surface area (Å²) in [5.74, 6) is -1.20. The number of aromatic nitrogens is 1. The topological polar surface area (TPSA) is 79.4 Å². The van der Waals surface area contributed by atoms with E-state index in [-0.39, 0.29) is 18.0 Å². The molecule has 0 radical (unpaired) electrons. The quantitative estimate of drug-likeness (QED) is 0.616. The lowest BCUT2D eigenvalue weighted by Crippen LogP contribution is -2.37. The molecule has 0 saturated heterocycles. The second-order valence-electron chi connectivity index (χ2n) is 4.71. The van der Waals surface area contributed by atoms with Gasteiger partial charge in [0.25, 0.3) is 11.8 Å². The first-order valence-corrected chi connectivity index (χ1v) is 8.66. The van der Waals surface area contributed by atoms with Crippen molar-refractivity contribution in [2.45, 2.75) is 5.88 Å². The third kappa shape index (κ3) is 3.15. The molecule has 1 N–H and O–H groups in total. The number of nitrogens with one attached hydrogen (secondary N) is 1. The zero-order valence-corrected chi connectivity index (χ0v) is 14.7.